The zero-order chi connectivity index (χ0) is 13.5. The van der Waals surface area contributed by atoms with Crippen molar-refractivity contribution in [1.82, 2.24) is 5.32 Å². The molecule has 2 rings (SSSR count). The van der Waals surface area contributed by atoms with Crippen molar-refractivity contribution in [2.24, 2.45) is 0 Å². The average Bonchev–Trinajstić information content (AvgIpc) is 2.47. The fraction of sp³-hybridized carbons (Fsp3) is 0.412. The van der Waals surface area contributed by atoms with E-state index >= 15 is 0 Å². The first-order valence-corrected chi connectivity index (χ1v) is 7.09. The summed E-state index contributed by atoms with van der Waals surface area (Å²) in [6.45, 7) is 3.80. The van der Waals surface area contributed by atoms with Crippen molar-refractivity contribution in [2.45, 2.75) is 25.8 Å². The molecule has 2 nitrogen and oxygen atoms in total. The van der Waals surface area contributed by atoms with Gasteiger partial charge in [-0.2, -0.15) is 0 Å². The Kier molecular flexibility index (Phi) is 5.37. The second kappa shape index (κ2) is 7.27. The van der Waals surface area contributed by atoms with Crippen molar-refractivity contribution in [1.29, 1.82) is 0 Å². The van der Waals surface area contributed by atoms with E-state index in [1.54, 1.807) is 0 Å². The van der Waals surface area contributed by atoms with Crippen LogP contribution in [0.5, 0.6) is 0 Å². The van der Waals surface area contributed by atoms with Crippen LogP contribution < -0.4 is 5.32 Å². The highest BCUT2D eigenvalue weighted by Gasteiger charge is 2.09. The molecule has 0 saturated heterocycles. The fourth-order valence-electron chi connectivity index (χ4n) is 2.35. The number of fused-ring (bicyclic) bond motifs is 1. The minimum Gasteiger partial charge on any atom is -0.381 e. The molecule has 1 unspecified atom stereocenters. The summed E-state index contributed by atoms with van der Waals surface area (Å²) in [6, 6.07) is 15.5. The zero-order valence-electron chi connectivity index (χ0n) is 11.9. The van der Waals surface area contributed by atoms with E-state index in [-0.39, 0.29) is 0 Å². The third-order valence-electron chi connectivity index (χ3n) is 3.42. The van der Waals surface area contributed by atoms with Crippen molar-refractivity contribution >= 4 is 10.8 Å². The van der Waals surface area contributed by atoms with E-state index in [1.165, 1.54) is 16.3 Å². The van der Waals surface area contributed by atoms with Gasteiger partial charge in [0.2, 0.25) is 0 Å². The molecule has 102 valence electrons. The lowest BCUT2D eigenvalue weighted by Crippen LogP contribution is -2.18. The van der Waals surface area contributed by atoms with E-state index in [9.17, 15) is 0 Å². The van der Waals surface area contributed by atoms with Gasteiger partial charge in [0.15, 0.2) is 0 Å². The van der Waals surface area contributed by atoms with Crippen LogP contribution in [-0.2, 0) is 4.74 Å². The van der Waals surface area contributed by atoms with E-state index in [0.717, 1.165) is 26.1 Å². The Morgan fingerprint density at radius 1 is 1.05 bits per heavy atom. The molecule has 0 aliphatic rings. The third kappa shape index (κ3) is 3.79. The summed E-state index contributed by atoms with van der Waals surface area (Å²) < 4.78 is 5.58. The molecule has 0 fully saturated rings. The Hall–Kier alpha value is -1.38. The summed E-state index contributed by atoms with van der Waals surface area (Å²) in [5, 5.41) is 5.98. The lowest BCUT2D eigenvalue weighted by atomic mass is 10.00. The van der Waals surface area contributed by atoms with Crippen molar-refractivity contribution in [3.63, 3.8) is 0 Å². The van der Waals surface area contributed by atoms with Gasteiger partial charge in [-0.3, -0.25) is 0 Å². The number of benzene rings is 2. The lowest BCUT2D eigenvalue weighted by Gasteiger charge is -2.17. The maximum absolute atomic E-state index is 5.58. The highest BCUT2D eigenvalue weighted by Crippen LogP contribution is 2.22. The number of rotatable bonds is 7. The summed E-state index contributed by atoms with van der Waals surface area (Å²) in [5.74, 6) is 0. The van der Waals surface area contributed by atoms with Crippen molar-refractivity contribution in [3.05, 3.63) is 48.0 Å². The first-order valence-electron chi connectivity index (χ1n) is 7.09. The number of nitrogens with one attached hydrogen (secondary N) is 1. The van der Waals surface area contributed by atoms with Crippen molar-refractivity contribution < 1.29 is 4.74 Å². The van der Waals surface area contributed by atoms with E-state index in [2.05, 4.69) is 54.7 Å². The molecule has 19 heavy (non-hydrogen) atoms. The van der Waals surface area contributed by atoms with E-state index < -0.39 is 0 Å². The third-order valence-corrected chi connectivity index (χ3v) is 3.42. The second-order valence-electron chi connectivity index (χ2n) is 4.85. The number of hydrogen-bond acceptors (Lipinski definition) is 2. The van der Waals surface area contributed by atoms with Gasteiger partial charge in [0.25, 0.3) is 0 Å². The summed E-state index contributed by atoms with van der Waals surface area (Å²) in [6.07, 6.45) is 2.09. The second-order valence-corrected chi connectivity index (χ2v) is 4.85. The van der Waals surface area contributed by atoms with Gasteiger partial charge in [0.1, 0.15) is 0 Å². The molecule has 0 heterocycles. The van der Waals surface area contributed by atoms with Gasteiger partial charge in [0.05, 0.1) is 0 Å². The SMILES string of the molecule is CCCOCCC(NC)c1ccc2ccccc2c1. The van der Waals surface area contributed by atoms with Gasteiger partial charge in [-0.15, -0.1) is 0 Å². The van der Waals surface area contributed by atoms with Crippen LogP contribution in [0.1, 0.15) is 31.4 Å². The lowest BCUT2D eigenvalue weighted by molar-refractivity contribution is 0.125. The van der Waals surface area contributed by atoms with Gasteiger partial charge >= 0.3 is 0 Å². The minimum atomic E-state index is 0.362. The first kappa shape index (κ1) is 14.0. The molecule has 2 aromatic rings. The van der Waals surface area contributed by atoms with Crippen LogP contribution in [0.3, 0.4) is 0 Å². The van der Waals surface area contributed by atoms with Crippen LogP contribution in [0.2, 0.25) is 0 Å². The Bertz CT molecular complexity index is 509. The largest absolute Gasteiger partial charge is 0.381 e. The first-order chi connectivity index (χ1) is 9.35. The molecule has 2 heteroatoms. The van der Waals surface area contributed by atoms with Crippen LogP contribution in [0, 0.1) is 0 Å². The fourth-order valence-corrected chi connectivity index (χ4v) is 2.35. The molecule has 0 aromatic heterocycles. The summed E-state index contributed by atoms with van der Waals surface area (Å²) in [4.78, 5) is 0. The Morgan fingerprint density at radius 3 is 2.58 bits per heavy atom. The molecular formula is C17H23NO. The predicted molar refractivity (Wildman–Crippen MR) is 81.5 cm³/mol. The van der Waals surface area contributed by atoms with Crippen LogP contribution in [0.4, 0.5) is 0 Å². The predicted octanol–water partition coefficient (Wildman–Crippen LogP) is 3.92. The minimum absolute atomic E-state index is 0.362. The number of ether oxygens (including phenoxy) is 1. The normalized spacial score (nSPS) is 12.7. The van der Waals surface area contributed by atoms with Gasteiger partial charge < -0.3 is 10.1 Å². The Labute approximate surface area is 115 Å². The van der Waals surface area contributed by atoms with Crippen LogP contribution in [-0.4, -0.2) is 20.3 Å². The highest BCUT2D eigenvalue weighted by atomic mass is 16.5. The molecule has 0 bridgehead atoms. The highest BCUT2D eigenvalue weighted by molar-refractivity contribution is 5.83. The van der Waals surface area contributed by atoms with Gasteiger partial charge in [0, 0.05) is 19.3 Å². The maximum atomic E-state index is 5.58. The molecule has 2 aromatic carbocycles. The van der Waals surface area contributed by atoms with Crippen LogP contribution in [0.15, 0.2) is 42.5 Å². The monoisotopic (exact) mass is 257 g/mol. The van der Waals surface area contributed by atoms with Crippen molar-refractivity contribution in [2.75, 3.05) is 20.3 Å². The molecule has 0 radical (unpaired) electrons. The Balaban J connectivity index is 2.07. The molecule has 0 aliphatic heterocycles. The van der Waals surface area contributed by atoms with Crippen LogP contribution >= 0.6 is 0 Å². The molecule has 0 saturated carbocycles. The van der Waals surface area contributed by atoms with E-state index in [1.807, 2.05) is 7.05 Å². The van der Waals surface area contributed by atoms with E-state index in [4.69, 9.17) is 4.74 Å². The smallest absolute Gasteiger partial charge is 0.0484 e. The molecular weight excluding hydrogens is 234 g/mol. The summed E-state index contributed by atoms with van der Waals surface area (Å²) >= 11 is 0. The Morgan fingerprint density at radius 2 is 1.84 bits per heavy atom. The number of hydrogen-bond donors (Lipinski definition) is 1. The molecule has 0 spiro atoms. The zero-order valence-corrected chi connectivity index (χ0v) is 11.9. The van der Waals surface area contributed by atoms with Gasteiger partial charge in [-0.05, 0) is 42.3 Å². The average molecular weight is 257 g/mol. The molecule has 1 atom stereocenters. The quantitative estimate of drug-likeness (QED) is 0.759. The summed E-state index contributed by atoms with van der Waals surface area (Å²) in [7, 11) is 2.01. The molecule has 1 N–H and O–H groups in total. The maximum Gasteiger partial charge on any atom is 0.0484 e. The van der Waals surface area contributed by atoms with E-state index in [0.29, 0.717) is 6.04 Å². The topological polar surface area (TPSA) is 21.3 Å². The molecule has 0 amide bonds. The van der Waals surface area contributed by atoms with Crippen LogP contribution in [0.25, 0.3) is 10.8 Å². The van der Waals surface area contributed by atoms with Gasteiger partial charge in [-0.25, -0.2) is 0 Å². The standard InChI is InChI=1S/C17H23NO/c1-3-11-19-12-10-17(18-2)16-9-8-14-6-4-5-7-15(14)13-16/h4-9,13,17-18H,3,10-12H2,1-2H3. The summed E-state index contributed by atoms with van der Waals surface area (Å²) in [5.41, 5.74) is 1.33. The van der Waals surface area contributed by atoms with Crippen molar-refractivity contribution in [3.8, 4) is 0 Å². The van der Waals surface area contributed by atoms with Gasteiger partial charge in [-0.1, -0.05) is 43.3 Å². The molecule has 0 aliphatic carbocycles.